The van der Waals surface area contributed by atoms with Crippen LogP contribution < -0.4 is 5.32 Å². The summed E-state index contributed by atoms with van der Waals surface area (Å²) in [6.45, 7) is 6.89. The molecule has 1 atom stereocenters. The third-order valence-electron chi connectivity index (χ3n) is 3.37. The van der Waals surface area contributed by atoms with Crippen molar-refractivity contribution in [1.29, 1.82) is 0 Å². The Morgan fingerprint density at radius 1 is 1.20 bits per heavy atom. The van der Waals surface area contributed by atoms with Crippen LogP contribution in [0.2, 0.25) is 0 Å². The summed E-state index contributed by atoms with van der Waals surface area (Å²) in [5, 5.41) is 3.29. The molecule has 1 N–H and O–H groups in total. The summed E-state index contributed by atoms with van der Waals surface area (Å²) >= 11 is 0. The van der Waals surface area contributed by atoms with Crippen LogP contribution in [0.15, 0.2) is 24.3 Å². The molecule has 0 saturated carbocycles. The number of sulfone groups is 1. The molecule has 0 radical (unpaired) electrons. The van der Waals surface area contributed by atoms with Crippen LogP contribution in [0.3, 0.4) is 0 Å². The van der Waals surface area contributed by atoms with Crippen molar-refractivity contribution in [3.8, 4) is 0 Å². The molecular weight excluding hydrogens is 270 g/mol. The van der Waals surface area contributed by atoms with E-state index in [1.54, 1.807) is 0 Å². The van der Waals surface area contributed by atoms with E-state index < -0.39 is 9.84 Å². The molecule has 0 aliphatic heterocycles. The Hall–Kier alpha value is -0.870. The highest BCUT2D eigenvalue weighted by Gasteiger charge is 2.19. The van der Waals surface area contributed by atoms with Crippen LogP contribution in [0.25, 0.3) is 0 Å². The van der Waals surface area contributed by atoms with Gasteiger partial charge in [-0.05, 0) is 25.5 Å². The lowest BCUT2D eigenvalue weighted by molar-refractivity contribution is 0.556. The Kier molecular flexibility index (Phi) is 7.24. The zero-order valence-electron chi connectivity index (χ0n) is 12.9. The van der Waals surface area contributed by atoms with E-state index in [1.165, 1.54) is 0 Å². The van der Waals surface area contributed by atoms with Gasteiger partial charge in [-0.1, -0.05) is 56.5 Å². The summed E-state index contributed by atoms with van der Waals surface area (Å²) in [6.07, 6.45) is 2.80. The molecule has 1 rings (SSSR count). The molecule has 4 heteroatoms. The van der Waals surface area contributed by atoms with E-state index in [2.05, 4.69) is 18.3 Å². The molecular formula is C16H27NO2S. The van der Waals surface area contributed by atoms with Crippen LogP contribution >= 0.6 is 0 Å². The first-order valence-electron chi connectivity index (χ1n) is 7.49. The number of hydrogen-bond acceptors (Lipinski definition) is 3. The first kappa shape index (κ1) is 17.2. The Labute approximate surface area is 123 Å². The number of hydrogen-bond donors (Lipinski definition) is 1. The van der Waals surface area contributed by atoms with Crippen LogP contribution in [-0.2, 0) is 9.84 Å². The zero-order valence-corrected chi connectivity index (χ0v) is 13.7. The van der Waals surface area contributed by atoms with Gasteiger partial charge in [0.05, 0.1) is 11.5 Å². The van der Waals surface area contributed by atoms with Gasteiger partial charge in [0.1, 0.15) is 0 Å². The molecule has 0 amide bonds. The predicted molar refractivity (Wildman–Crippen MR) is 85.8 cm³/mol. The second-order valence-corrected chi connectivity index (χ2v) is 7.57. The van der Waals surface area contributed by atoms with E-state index in [9.17, 15) is 8.42 Å². The Morgan fingerprint density at radius 2 is 1.95 bits per heavy atom. The van der Waals surface area contributed by atoms with E-state index in [1.807, 2.05) is 32.0 Å². The summed E-state index contributed by atoms with van der Waals surface area (Å²) in [6, 6.07) is 7.98. The van der Waals surface area contributed by atoms with Crippen molar-refractivity contribution in [3.05, 3.63) is 35.4 Å². The molecule has 0 saturated heterocycles. The van der Waals surface area contributed by atoms with E-state index in [0.717, 1.165) is 36.9 Å². The maximum atomic E-state index is 12.2. The monoisotopic (exact) mass is 297 g/mol. The van der Waals surface area contributed by atoms with Gasteiger partial charge in [0.2, 0.25) is 0 Å². The van der Waals surface area contributed by atoms with Gasteiger partial charge in [0.15, 0.2) is 9.84 Å². The van der Waals surface area contributed by atoms with Crippen molar-refractivity contribution in [2.45, 2.75) is 46.1 Å². The van der Waals surface area contributed by atoms with Crippen LogP contribution in [0.5, 0.6) is 0 Å². The molecule has 3 nitrogen and oxygen atoms in total. The molecule has 0 aliphatic carbocycles. The SMILES string of the molecule is CCCCCS(=O)(=O)CC(NCC)c1cccc(C)c1. The number of aryl methyl sites for hydroxylation is 1. The minimum absolute atomic E-state index is 0.105. The fourth-order valence-corrected chi connectivity index (χ4v) is 3.94. The highest BCUT2D eigenvalue weighted by Crippen LogP contribution is 2.17. The number of benzene rings is 1. The predicted octanol–water partition coefficient (Wildman–Crippen LogP) is 3.25. The summed E-state index contributed by atoms with van der Waals surface area (Å²) < 4.78 is 24.4. The quantitative estimate of drug-likeness (QED) is 0.712. The second-order valence-electron chi connectivity index (χ2n) is 5.35. The summed E-state index contributed by atoms with van der Waals surface area (Å²) in [5.41, 5.74) is 2.22. The van der Waals surface area contributed by atoms with Gasteiger partial charge in [0.25, 0.3) is 0 Å². The number of unbranched alkanes of at least 4 members (excludes halogenated alkanes) is 2. The van der Waals surface area contributed by atoms with E-state index in [0.29, 0.717) is 5.75 Å². The van der Waals surface area contributed by atoms with Crippen molar-refractivity contribution in [1.82, 2.24) is 5.32 Å². The van der Waals surface area contributed by atoms with Gasteiger partial charge in [-0.15, -0.1) is 0 Å². The van der Waals surface area contributed by atoms with Gasteiger partial charge in [-0.3, -0.25) is 0 Å². The first-order valence-corrected chi connectivity index (χ1v) is 9.31. The Bertz CT molecular complexity index is 497. The third-order valence-corrected chi connectivity index (χ3v) is 5.13. The number of rotatable bonds is 9. The van der Waals surface area contributed by atoms with Crippen LogP contribution in [0, 0.1) is 6.92 Å². The fourth-order valence-electron chi connectivity index (χ4n) is 2.32. The minimum Gasteiger partial charge on any atom is -0.309 e. The summed E-state index contributed by atoms with van der Waals surface area (Å²) in [5.74, 6) is 0.489. The first-order chi connectivity index (χ1) is 9.48. The molecule has 114 valence electrons. The standard InChI is InChI=1S/C16H27NO2S/c1-4-6-7-11-20(18,19)13-16(17-5-2)15-10-8-9-14(3)12-15/h8-10,12,16-17H,4-7,11,13H2,1-3H3. The number of nitrogens with one attached hydrogen (secondary N) is 1. The van der Waals surface area contributed by atoms with Gasteiger partial charge in [0, 0.05) is 6.04 Å². The average molecular weight is 297 g/mol. The van der Waals surface area contributed by atoms with Gasteiger partial charge in [-0.2, -0.15) is 0 Å². The van der Waals surface area contributed by atoms with Crippen LogP contribution in [0.1, 0.15) is 50.3 Å². The summed E-state index contributed by atoms with van der Waals surface area (Å²) in [7, 11) is -3.00. The zero-order chi connectivity index (χ0) is 15.0. The van der Waals surface area contributed by atoms with E-state index in [-0.39, 0.29) is 11.8 Å². The summed E-state index contributed by atoms with van der Waals surface area (Å²) in [4.78, 5) is 0. The van der Waals surface area contributed by atoms with Crippen LogP contribution in [0.4, 0.5) is 0 Å². The molecule has 0 aliphatic rings. The van der Waals surface area contributed by atoms with Crippen LogP contribution in [-0.4, -0.2) is 26.5 Å². The normalized spacial score (nSPS) is 13.3. The molecule has 1 unspecified atom stereocenters. The van der Waals surface area contributed by atoms with Crippen molar-refractivity contribution in [3.63, 3.8) is 0 Å². The Morgan fingerprint density at radius 3 is 2.55 bits per heavy atom. The topological polar surface area (TPSA) is 46.2 Å². The van der Waals surface area contributed by atoms with E-state index in [4.69, 9.17) is 0 Å². The van der Waals surface area contributed by atoms with Crippen molar-refractivity contribution < 1.29 is 8.42 Å². The molecule has 0 bridgehead atoms. The van der Waals surface area contributed by atoms with E-state index >= 15 is 0 Å². The maximum Gasteiger partial charge on any atom is 0.152 e. The maximum absolute atomic E-state index is 12.2. The van der Waals surface area contributed by atoms with Gasteiger partial charge in [-0.25, -0.2) is 8.42 Å². The molecule has 0 fully saturated rings. The molecule has 0 heterocycles. The second kappa shape index (κ2) is 8.42. The molecule has 1 aromatic carbocycles. The molecule has 0 aromatic heterocycles. The van der Waals surface area contributed by atoms with Gasteiger partial charge < -0.3 is 5.32 Å². The van der Waals surface area contributed by atoms with Crippen molar-refractivity contribution >= 4 is 9.84 Å². The average Bonchev–Trinajstić information content (AvgIpc) is 2.38. The highest BCUT2D eigenvalue weighted by molar-refractivity contribution is 7.91. The lowest BCUT2D eigenvalue weighted by Gasteiger charge is -2.19. The lowest BCUT2D eigenvalue weighted by atomic mass is 10.1. The molecule has 20 heavy (non-hydrogen) atoms. The van der Waals surface area contributed by atoms with Crippen molar-refractivity contribution in [2.24, 2.45) is 0 Å². The lowest BCUT2D eigenvalue weighted by Crippen LogP contribution is -2.29. The molecule has 0 spiro atoms. The van der Waals surface area contributed by atoms with Gasteiger partial charge >= 0.3 is 0 Å². The largest absolute Gasteiger partial charge is 0.309 e. The third kappa shape index (κ3) is 6.06. The Balaban J connectivity index is 2.76. The minimum atomic E-state index is -3.00. The highest BCUT2D eigenvalue weighted by atomic mass is 32.2. The smallest absolute Gasteiger partial charge is 0.152 e. The molecule has 1 aromatic rings. The van der Waals surface area contributed by atoms with Crippen molar-refractivity contribution in [2.75, 3.05) is 18.1 Å². The fraction of sp³-hybridized carbons (Fsp3) is 0.625.